The second kappa shape index (κ2) is 5.00. The molecule has 20 heavy (non-hydrogen) atoms. The minimum Gasteiger partial charge on any atom is -0.508 e. The molecule has 0 saturated heterocycles. The Labute approximate surface area is 118 Å². The van der Waals surface area contributed by atoms with Crippen molar-refractivity contribution in [3.63, 3.8) is 0 Å². The second-order valence-corrected chi connectivity index (χ2v) is 5.07. The maximum absolute atomic E-state index is 10.00. The van der Waals surface area contributed by atoms with E-state index in [0.29, 0.717) is 12.2 Å². The molecule has 3 rings (SSSR count). The van der Waals surface area contributed by atoms with Gasteiger partial charge < -0.3 is 9.67 Å². The Hall–Kier alpha value is -2.29. The van der Waals surface area contributed by atoms with Gasteiger partial charge in [0.2, 0.25) is 0 Å². The molecule has 3 aromatic rings. The molecule has 0 radical (unpaired) electrons. The highest BCUT2D eigenvalue weighted by Gasteiger charge is 2.11. The summed E-state index contributed by atoms with van der Waals surface area (Å²) < 4.78 is 2.21. The molecule has 0 aliphatic heterocycles. The maximum atomic E-state index is 10.00. The zero-order valence-corrected chi connectivity index (χ0v) is 11.8. The Balaban J connectivity index is 2.08. The van der Waals surface area contributed by atoms with Crippen LogP contribution in [0.25, 0.3) is 11.0 Å². The van der Waals surface area contributed by atoms with Crippen molar-refractivity contribution in [2.75, 3.05) is 0 Å². The quantitative estimate of drug-likeness (QED) is 0.785. The third-order valence-electron chi connectivity index (χ3n) is 3.63. The normalized spacial score (nSPS) is 11.1. The van der Waals surface area contributed by atoms with Crippen LogP contribution in [0, 0.1) is 6.92 Å². The molecule has 0 aliphatic carbocycles. The fourth-order valence-electron chi connectivity index (χ4n) is 2.64. The summed E-state index contributed by atoms with van der Waals surface area (Å²) in [5.41, 5.74) is 4.24. The van der Waals surface area contributed by atoms with Crippen molar-refractivity contribution in [1.82, 2.24) is 9.55 Å². The highest BCUT2D eigenvalue weighted by molar-refractivity contribution is 5.76. The zero-order valence-electron chi connectivity index (χ0n) is 11.8. The van der Waals surface area contributed by atoms with E-state index in [1.54, 1.807) is 6.07 Å². The van der Waals surface area contributed by atoms with Crippen LogP contribution < -0.4 is 0 Å². The van der Waals surface area contributed by atoms with E-state index in [4.69, 9.17) is 4.98 Å². The first-order valence-electron chi connectivity index (χ1n) is 6.91. The summed E-state index contributed by atoms with van der Waals surface area (Å²) in [5.74, 6) is 1.33. The minimum absolute atomic E-state index is 0.338. The van der Waals surface area contributed by atoms with Crippen LogP contribution in [0.1, 0.15) is 23.9 Å². The Bertz CT molecular complexity index is 759. The lowest BCUT2D eigenvalue weighted by Crippen LogP contribution is -2.03. The number of benzene rings is 2. The topological polar surface area (TPSA) is 38.0 Å². The van der Waals surface area contributed by atoms with E-state index < -0.39 is 0 Å². The smallest absolute Gasteiger partial charge is 0.119 e. The number of nitrogens with zero attached hydrogens (tertiary/aromatic N) is 2. The fourth-order valence-corrected chi connectivity index (χ4v) is 2.64. The largest absolute Gasteiger partial charge is 0.508 e. The molecule has 0 unspecified atom stereocenters. The summed E-state index contributed by atoms with van der Waals surface area (Å²) in [6.07, 6.45) is 0.649. The monoisotopic (exact) mass is 266 g/mol. The second-order valence-electron chi connectivity index (χ2n) is 5.07. The third-order valence-corrected chi connectivity index (χ3v) is 3.63. The van der Waals surface area contributed by atoms with Gasteiger partial charge in [-0.2, -0.15) is 0 Å². The molecule has 1 N–H and O–H groups in total. The summed E-state index contributed by atoms with van der Waals surface area (Å²) in [4.78, 5) is 4.70. The predicted octanol–water partition coefficient (Wildman–Crippen LogP) is 3.66. The Morgan fingerprint density at radius 3 is 2.75 bits per heavy atom. The number of hydrogen-bond donors (Lipinski definition) is 1. The molecule has 0 bridgehead atoms. The molecule has 0 amide bonds. The molecule has 1 aromatic heterocycles. The number of para-hydroxylation sites is 2. The van der Waals surface area contributed by atoms with Crippen LogP contribution in [0.15, 0.2) is 42.5 Å². The lowest BCUT2D eigenvalue weighted by molar-refractivity contribution is 0.468. The van der Waals surface area contributed by atoms with Gasteiger partial charge in [-0.25, -0.2) is 4.98 Å². The van der Waals surface area contributed by atoms with Gasteiger partial charge in [0.15, 0.2) is 0 Å². The van der Waals surface area contributed by atoms with Crippen LogP contribution in [0.5, 0.6) is 5.75 Å². The fraction of sp³-hybridized carbons (Fsp3) is 0.235. The van der Waals surface area contributed by atoms with Crippen LogP contribution >= 0.6 is 0 Å². The average molecular weight is 266 g/mol. The first-order valence-corrected chi connectivity index (χ1v) is 6.91. The SMILES string of the molecule is CCn1c(Cc2cc(C)ccc2O)nc2ccccc21. The number of fused-ring (bicyclic) bond motifs is 1. The van der Waals surface area contributed by atoms with Crippen molar-refractivity contribution in [1.29, 1.82) is 0 Å². The molecule has 0 fully saturated rings. The van der Waals surface area contributed by atoms with E-state index in [1.807, 2.05) is 37.3 Å². The number of imidazole rings is 1. The van der Waals surface area contributed by atoms with E-state index in [9.17, 15) is 5.11 Å². The van der Waals surface area contributed by atoms with Crippen molar-refractivity contribution in [2.24, 2.45) is 0 Å². The third kappa shape index (κ3) is 2.16. The van der Waals surface area contributed by atoms with Gasteiger partial charge >= 0.3 is 0 Å². The summed E-state index contributed by atoms with van der Waals surface area (Å²) in [6, 6.07) is 13.8. The first kappa shape index (κ1) is 12.7. The Kier molecular flexibility index (Phi) is 3.18. The van der Waals surface area contributed by atoms with Gasteiger partial charge in [0.25, 0.3) is 0 Å². The molecular weight excluding hydrogens is 248 g/mol. The molecule has 0 spiro atoms. The van der Waals surface area contributed by atoms with Crippen molar-refractivity contribution >= 4 is 11.0 Å². The molecule has 0 atom stereocenters. The highest BCUT2D eigenvalue weighted by atomic mass is 16.3. The summed E-state index contributed by atoms with van der Waals surface area (Å²) >= 11 is 0. The van der Waals surface area contributed by atoms with E-state index in [-0.39, 0.29) is 0 Å². The van der Waals surface area contributed by atoms with Crippen LogP contribution in [0.4, 0.5) is 0 Å². The van der Waals surface area contributed by atoms with Gasteiger partial charge in [-0.15, -0.1) is 0 Å². The van der Waals surface area contributed by atoms with E-state index in [0.717, 1.165) is 34.5 Å². The number of aromatic nitrogens is 2. The Morgan fingerprint density at radius 1 is 1.15 bits per heavy atom. The molecule has 3 nitrogen and oxygen atoms in total. The number of rotatable bonds is 3. The number of phenols is 1. The lowest BCUT2D eigenvalue weighted by atomic mass is 10.1. The van der Waals surface area contributed by atoms with Crippen LogP contribution in [-0.2, 0) is 13.0 Å². The standard InChI is InChI=1S/C17H18N2O/c1-3-19-15-7-5-4-6-14(15)18-17(19)11-13-10-12(2)8-9-16(13)20/h4-10,20H,3,11H2,1-2H3. The molecule has 102 valence electrons. The summed E-state index contributed by atoms with van der Waals surface area (Å²) in [5, 5.41) is 10.00. The molecule has 1 heterocycles. The van der Waals surface area contributed by atoms with Crippen molar-refractivity contribution in [3.8, 4) is 5.75 Å². The van der Waals surface area contributed by atoms with Gasteiger partial charge in [-0.05, 0) is 32.0 Å². The van der Waals surface area contributed by atoms with E-state index >= 15 is 0 Å². The van der Waals surface area contributed by atoms with Crippen LogP contribution in [0.3, 0.4) is 0 Å². The van der Waals surface area contributed by atoms with Gasteiger partial charge in [0, 0.05) is 18.5 Å². The molecule has 3 heteroatoms. The minimum atomic E-state index is 0.338. The van der Waals surface area contributed by atoms with Crippen molar-refractivity contribution < 1.29 is 5.11 Å². The highest BCUT2D eigenvalue weighted by Crippen LogP contribution is 2.23. The van der Waals surface area contributed by atoms with E-state index in [1.165, 1.54) is 0 Å². The number of aryl methyl sites for hydroxylation is 2. The van der Waals surface area contributed by atoms with Crippen LogP contribution in [-0.4, -0.2) is 14.7 Å². The maximum Gasteiger partial charge on any atom is 0.119 e. The summed E-state index contributed by atoms with van der Waals surface area (Å²) in [7, 11) is 0. The van der Waals surface area contributed by atoms with Crippen molar-refractivity contribution in [2.45, 2.75) is 26.8 Å². The van der Waals surface area contributed by atoms with Gasteiger partial charge in [-0.3, -0.25) is 0 Å². The van der Waals surface area contributed by atoms with Crippen LogP contribution in [0.2, 0.25) is 0 Å². The summed E-state index contributed by atoms with van der Waals surface area (Å²) in [6.45, 7) is 5.03. The van der Waals surface area contributed by atoms with Gasteiger partial charge in [-0.1, -0.05) is 29.8 Å². The lowest BCUT2D eigenvalue weighted by Gasteiger charge is -2.08. The molecule has 2 aromatic carbocycles. The number of phenolic OH excluding ortho intramolecular Hbond substituents is 1. The zero-order chi connectivity index (χ0) is 14.1. The molecular formula is C17H18N2O. The number of hydrogen-bond acceptors (Lipinski definition) is 2. The van der Waals surface area contributed by atoms with Crippen molar-refractivity contribution in [3.05, 3.63) is 59.4 Å². The first-order chi connectivity index (χ1) is 9.69. The van der Waals surface area contributed by atoms with Gasteiger partial charge in [0.05, 0.1) is 11.0 Å². The average Bonchev–Trinajstić information content (AvgIpc) is 2.80. The predicted molar refractivity (Wildman–Crippen MR) is 81.1 cm³/mol. The van der Waals surface area contributed by atoms with E-state index in [2.05, 4.69) is 17.6 Å². The Morgan fingerprint density at radius 2 is 1.95 bits per heavy atom. The molecule has 0 aliphatic rings. The number of aromatic hydroxyl groups is 1. The molecule has 0 saturated carbocycles. The van der Waals surface area contributed by atoms with Gasteiger partial charge in [0.1, 0.15) is 11.6 Å².